The molecule has 0 unspecified atom stereocenters. The van der Waals surface area contributed by atoms with Crippen molar-refractivity contribution in [1.29, 1.82) is 0 Å². The van der Waals surface area contributed by atoms with Gasteiger partial charge in [-0.2, -0.15) is 11.3 Å². The van der Waals surface area contributed by atoms with Gasteiger partial charge in [-0.15, -0.1) is 0 Å². The molecular formula is C18H14BrNO2S. The number of ether oxygens (including phenoxy) is 2. The first-order valence-electron chi connectivity index (χ1n) is 7.20. The molecule has 2 aromatic carbocycles. The summed E-state index contributed by atoms with van der Waals surface area (Å²) in [5.74, 6) is 1.59. The van der Waals surface area contributed by atoms with Gasteiger partial charge in [0.1, 0.15) is 0 Å². The lowest BCUT2D eigenvalue weighted by atomic mass is 10.0. The topological polar surface area (TPSA) is 30.5 Å². The molecule has 3 aromatic rings. The summed E-state index contributed by atoms with van der Waals surface area (Å²) in [4.78, 5) is 0. The Morgan fingerprint density at radius 3 is 2.78 bits per heavy atom. The van der Waals surface area contributed by atoms with Crippen LogP contribution in [0.1, 0.15) is 5.56 Å². The van der Waals surface area contributed by atoms with Crippen molar-refractivity contribution in [2.24, 2.45) is 0 Å². The summed E-state index contributed by atoms with van der Waals surface area (Å²) in [6.07, 6.45) is 0. The van der Waals surface area contributed by atoms with E-state index in [4.69, 9.17) is 9.47 Å². The van der Waals surface area contributed by atoms with E-state index in [-0.39, 0.29) is 6.79 Å². The monoisotopic (exact) mass is 387 g/mol. The highest BCUT2D eigenvalue weighted by Gasteiger charge is 2.17. The van der Waals surface area contributed by atoms with E-state index in [1.807, 2.05) is 12.1 Å². The van der Waals surface area contributed by atoms with Gasteiger partial charge < -0.3 is 14.8 Å². The molecule has 1 aliphatic heterocycles. The van der Waals surface area contributed by atoms with Crippen LogP contribution in [0.4, 0.5) is 11.4 Å². The third-order valence-corrected chi connectivity index (χ3v) is 5.02. The molecule has 0 saturated heterocycles. The van der Waals surface area contributed by atoms with Crippen molar-refractivity contribution in [3.8, 4) is 22.6 Å². The van der Waals surface area contributed by atoms with Crippen molar-refractivity contribution in [1.82, 2.24) is 0 Å². The first-order valence-corrected chi connectivity index (χ1v) is 8.94. The molecular weight excluding hydrogens is 374 g/mol. The Balaban J connectivity index is 1.83. The van der Waals surface area contributed by atoms with Crippen LogP contribution in [0.25, 0.3) is 11.1 Å². The van der Waals surface area contributed by atoms with Gasteiger partial charge in [0.25, 0.3) is 0 Å². The number of hydrogen-bond acceptors (Lipinski definition) is 4. The van der Waals surface area contributed by atoms with Crippen molar-refractivity contribution >= 4 is 38.6 Å². The van der Waals surface area contributed by atoms with E-state index in [2.05, 4.69) is 63.2 Å². The molecule has 3 nitrogen and oxygen atoms in total. The highest BCUT2D eigenvalue weighted by Crippen LogP contribution is 2.41. The van der Waals surface area contributed by atoms with Gasteiger partial charge in [0, 0.05) is 21.1 Å². The molecule has 1 aliphatic rings. The Hall–Kier alpha value is -1.98. The molecule has 5 heteroatoms. The van der Waals surface area contributed by atoms with Crippen molar-refractivity contribution in [3.63, 3.8) is 0 Å². The predicted octanol–water partition coefficient (Wildman–Crippen LogP) is 5.96. The van der Waals surface area contributed by atoms with Gasteiger partial charge in [-0.25, -0.2) is 0 Å². The summed E-state index contributed by atoms with van der Waals surface area (Å²) < 4.78 is 12.0. The standard InChI is InChI=1S/C18H14BrNO2S/c1-11-6-14(12-2-3-16-17(8-12)22-10-21-16)18(15(19)7-11)20-13-4-5-23-9-13/h2-9,20H,10H2,1H3. The molecule has 4 rings (SSSR count). The molecule has 0 radical (unpaired) electrons. The Bertz CT molecular complexity index is 862. The van der Waals surface area contributed by atoms with Crippen molar-refractivity contribution in [3.05, 3.63) is 57.2 Å². The minimum absolute atomic E-state index is 0.288. The lowest BCUT2D eigenvalue weighted by molar-refractivity contribution is 0.174. The largest absolute Gasteiger partial charge is 0.454 e. The highest BCUT2D eigenvalue weighted by atomic mass is 79.9. The Morgan fingerprint density at radius 2 is 1.96 bits per heavy atom. The molecule has 0 saturated carbocycles. The van der Waals surface area contributed by atoms with Gasteiger partial charge in [0.2, 0.25) is 6.79 Å². The summed E-state index contributed by atoms with van der Waals surface area (Å²) in [7, 11) is 0. The SMILES string of the molecule is Cc1cc(Br)c(Nc2ccsc2)c(-c2ccc3c(c2)OCO3)c1. The Kier molecular flexibility index (Phi) is 3.75. The minimum atomic E-state index is 0.288. The maximum atomic E-state index is 5.51. The van der Waals surface area contributed by atoms with E-state index in [0.29, 0.717) is 0 Å². The fraction of sp³-hybridized carbons (Fsp3) is 0.111. The molecule has 0 fully saturated rings. The number of nitrogens with one attached hydrogen (secondary N) is 1. The quantitative estimate of drug-likeness (QED) is 0.601. The van der Waals surface area contributed by atoms with Gasteiger partial charge in [0.05, 0.1) is 5.69 Å². The third-order valence-electron chi connectivity index (χ3n) is 3.71. The fourth-order valence-electron chi connectivity index (χ4n) is 2.64. The van der Waals surface area contributed by atoms with Crippen LogP contribution >= 0.6 is 27.3 Å². The summed E-state index contributed by atoms with van der Waals surface area (Å²) in [6.45, 7) is 2.38. The lowest BCUT2D eigenvalue weighted by Gasteiger charge is -2.15. The summed E-state index contributed by atoms with van der Waals surface area (Å²) >= 11 is 5.36. The molecule has 0 bridgehead atoms. The molecule has 2 heterocycles. The second-order valence-electron chi connectivity index (χ2n) is 5.37. The van der Waals surface area contributed by atoms with E-state index in [1.54, 1.807) is 11.3 Å². The number of halogens is 1. The van der Waals surface area contributed by atoms with Gasteiger partial charge in [-0.05, 0) is 69.7 Å². The molecule has 23 heavy (non-hydrogen) atoms. The maximum Gasteiger partial charge on any atom is 0.231 e. The summed E-state index contributed by atoms with van der Waals surface area (Å²) in [5.41, 5.74) is 5.55. The van der Waals surface area contributed by atoms with Crippen LogP contribution in [-0.4, -0.2) is 6.79 Å². The van der Waals surface area contributed by atoms with Crippen LogP contribution in [-0.2, 0) is 0 Å². The van der Waals surface area contributed by atoms with E-state index in [0.717, 1.165) is 38.5 Å². The zero-order chi connectivity index (χ0) is 15.8. The molecule has 0 aliphatic carbocycles. The molecule has 1 N–H and O–H groups in total. The summed E-state index contributed by atoms with van der Waals surface area (Å²) in [6, 6.07) is 12.4. The lowest BCUT2D eigenvalue weighted by Crippen LogP contribution is -1.95. The number of hydrogen-bond donors (Lipinski definition) is 1. The number of aryl methyl sites for hydroxylation is 1. The normalized spacial score (nSPS) is 12.4. The van der Waals surface area contributed by atoms with Crippen LogP contribution in [0, 0.1) is 6.92 Å². The van der Waals surface area contributed by atoms with Gasteiger partial charge in [0.15, 0.2) is 11.5 Å². The van der Waals surface area contributed by atoms with E-state index in [1.165, 1.54) is 5.56 Å². The fourth-order valence-corrected chi connectivity index (χ4v) is 3.90. The van der Waals surface area contributed by atoms with E-state index in [9.17, 15) is 0 Å². The molecule has 1 aromatic heterocycles. The van der Waals surface area contributed by atoms with Gasteiger partial charge in [-0.1, -0.05) is 6.07 Å². The van der Waals surface area contributed by atoms with Crippen molar-refractivity contribution in [2.75, 3.05) is 12.1 Å². The molecule has 0 atom stereocenters. The van der Waals surface area contributed by atoms with Crippen molar-refractivity contribution < 1.29 is 9.47 Å². The first kappa shape index (κ1) is 14.6. The van der Waals surface area contributed by atoms with Gasteiger partial charge >= 0.3 is 0 Å². The van der Waals surface area contributed by atoms with Crippen LogP contribution in [0.5, 0.6) is 11.5 Å². The second-order valence-corrected chi connectivity index (χ2v) is 7.01. The number of anilines is 2. The smallest absolute Gasteiger partial charge is 0.231 e. The van der Waals surface area contributed by atoms with E-state index >= 15 is 0 Å². The second kappa shape index (κ2) is 5.91. The number of fused-ring (bicyclic) bond motifs is 1. The van der Waals surface area contributed by atoms with Crippen LogP contribution < -0.4 is 14.8 Å². The predicted molar refractivity (Wildman–Crippen MR) is 98.0 cm³/mol. The van der Waals surface area contributed by atoms with E-state index < -0.39 is 0 Å². The third kappa shape index (κ3) is 2.82. The van der Waals surface area contributed by atoms with Crippen LogP contribution in [0.2, 0.25) is 0 Å². The Morgan fingerprint density at radius 1 is 1.09 bits per heavy atom. The zero-order valence-electron chi connectivity index (χ0n) is 12.4. The van der Waals surface area contributed by atoms with Gasteiger partial charge in [-0.3, -0.25) is 0 Å². The summed E-state index contributed by atoms with van der Waals surface area (Å²) in [5, 5.41) is 7.66. The number of benzene rings is 2. The zero-order valence-corrected chi connectivity index (χ0v) is 14.8. The average Bonchev–Trinajstić information content (AvgIpc) is 3.20. The molecule has 116 valence electrons. The van der Waals surface area contributed by atoms with Crippen LogP contribution in [0.3, 0.4) is 0 Å². The molecule has 0 amide bonds. The average molecular weight is 388 g/mol. The highest BCUT2D eigenvalue weighted by molar-refractivity contribution is 9.10. The van der Waals surface area contributed by atoms with Crippen LogP contribution in [0.15, 0.2) is 51.6 Å². The Labute approximate surface area is 147 Å². The first-order chi connectivity index (χ1) is 11.2. The minimum Gasteiger partial charge on any atom is -0.454 e. The number of rotatable bonds is 3. The molecule has 0 spiro atoms. The maximum absolute atomic E-state index is 5.51. The number of thiophene rings is 1. The van der Waals surface area contributed by atoms with Crippen molar-refractivity contribution in [2.45, 2.75) is 6.92 Å².